The van der Waals surface area contributed by atoms with Crippen molar-refractivity contribution in [2.24, 2.45) is 0 Å². The van der Waals surface area contributed by atoms with Crippen molar-refractivity contribution >= 4 is 40.0 Å². The Kier molecular flexibility index (Phi) is 5.90. The summed E-state index contributed by atoms with van der Waals surface area (Å²) in [6.07, 6.45) is 4.62. The quantitative estimate of drug-likeness (QED) is 0.457. The fourth-order valence-corrected chi connectivity index (χ4v) is 3.77. The Morgan fingerprint density at radius 2 is 2.10 bits per heavy atom. The van der Waals surface area contributed by atoms with E-state index in [2.05, 4.69) is 16.9 Å². The topological polar surface area (TPSA) is 71.5 Å². The molecule has 0 aliphatic carbocycles. The molecule has 0 bridgehead atoms. The van der Waals surface area contributed by atoms with Gasteiger partial charge in [0.15, 0.2) is 11.7 Å². The number of rotatable bonds is 6. The number of hydrogen-bond acceptors (Lipinski definition) is 5. The van der Waals surface area contributed by atoms with Crippen LogP contribution in [0.25, 0.3) is 17.3 Å². The van der Waals surface area contributed by atoms with Crippen molar-refractivity contribution in [1.82, 2.24) is 4.98 Å². The Balaban J connectivity index is 1.48. The first-order valence-corrected chi connectivity index (χ1v) is 10.3. The van der Waals surface area contributed by atoms with E-state index in [1.54, 1.807) is 35.3 Å². The SMILES string of the molecule is C=CCN1C(=O)COc2ccc(-c3csc(NC(=O)/C=C/c4ccc(F)cc4)n3)cc21. The molecule has 3 aromatic rings. The van der Waals surface area contributed by atoms with Crippen molar-refractivity contribution in [2.45, 2.75) is 0 Å². The van der Waals surface area contributed by atoms with E-state index in [1.165, 1.54) is 29.5 Å². The average Bonchev–Trinajstić information content (AvgIpc) is 3.23. The summed E-state index contributed by atoms with van der Waals surface area (Å²) in [6, 6.07) is 11.3. The lowest BCUT2D eigenvalue weighted by molar-refractivity contribution is -0.121. The number of amides is 2. The number of hydrogen-bond donors (Lipinski definition) is 1. The first-order chi connectivity index (χ1) is 15.0. The minimum absolute atomic E-state index is 0.00148. The zero-order valence-electron chi connectivity index (χ0n) is 16.4. The molecule has 6 nitrogen and oxygen atoms in total. The van der Waals surface area contributed by atoms with E-state index in [9.17, 15) is 14.0 Å². The molecule has 1 N–H and O–H groups in total. The molecule has 0 atom stereocenters. The van der Waals surface area contributed by atoms with Crippen LogP contribution in [0.5, 0.6) is 5.75 Å². The fourth-order valence-electron chi connectivity index (χ4n) is 3.05. The summed E-state index contributed by atoms with van der Waals surface area (Å²) in [6.45, 7) is 4.09. The van der Waals surface area contributed by atoms with E-state index in [1.807, 2.05) is 17.5 Å². The van der Waals surface area contributed by atoms with Gasteiger partial charge in [-0.1, -0.05) is 18.2 Å². The summed E-state index contributed by atoms with van der Waals surface area (Å²) in [4.78, 5) is 30.4. The van der Waals surface area contributed by atoms with E-state index in [0.717, 1.165) is 5.56 Å². The molecule has 156 valence electrons. The maximum absolute atomic E-state index is 12.9. The van der Waals surface area contributed by atoms with Gasteiger partial charge < -0.3 is 9.64 Å². The van der Waals surface area contributed by atoms with Crippen molar-refractivity contribution in [2.75, 3.05) is 23.4 Å². The van der Waals surface area contributed by atoms with Crippen molar-refractivity contribution in [1.29, 1.82) is 0 Å². The first-order valence-electron chi connectivity index (χ1n) is 9.42. The van der Waals surface area contributed by atoms with Crippen LogP contribution < -0.4 is 15.0 Å². The van der Waals surface area contributed by atoms with Gasteiger partial charge in [-0.3, -0.25) is 14.9 Å². The zero-order chi connectivity index (χ0) is 21.8. The van der Waals surface area contributed by atoms with Crippen LogP contribution in [0.3, 0.4) is 0 Å². The lowest BCUT2D eigenvalue weighted by Gasteiger charge is -2.28. The van der Waals surface area contributed by atoms with Crippen molar-refractivity contribution in [3.05, 3.63) is 78.0 Å². The number of nitrogens with zero attached hydrogens (tertiary/aromatic N) is 2. The highest BCUT2D eigenvalue weighted by molar-refractivity contribution is 7.14. The first kappa shape index (κ1) is 20.5. The van der Waals surface area contributed by atoms with Crippen LogP contribution >= 0.6 is 11.3 Å². The molecule has 31 heavy (non-hydrogen) atoms. The highest BCUT2D eigenvalue weighted by Crippen LogP contribution is 2.36. The van der Waals surface area contributed by atoms with E-state index in [4.69, 9.17) is 4.74 Å². The van der Waals surface area contributed by atoms with Gasteiger partial charge in [-0.05, 0) is 42.0 Å². The molecule has 2 heterocycles. The second kappa shape index (κ2) is 8.93. The van der Waals surface area contributed by atoms with Crippen LogP contribution in [-0.4, -0.2) is 29.9 Å². The predicted molar refractivity (Wildman–Crippen MR) is 120 cm³/mol. The smallest absolute Gasteiger partial charge is 0.265 e. The number of fused-ring (bicyclic) bond motifs is 1. The van der Waals surface area contributed by atoms with E-state index in [-0.39, 0.29) is 24.2 Å². The molecule has 1 aliphatic rings. The van der Waals surface area contributed by atoms with Crippen molar-refractivity contribution in [3.8, 4) is 17.0 Å². The van der Waals surface area contributed by atoms with Crippen LogP contribution in [0, 0.1) is 5.82 Å². The summed E-state index contributed by atoms with van der Waals surface area (Å²) in [5.41, 5.74) is 2.84. The van der Waals surface area contributed by atoms with E-state index < -0.39 is 0 Å². The maximum atomic E-state index is 12.9. The maximum Gasteiger partial charge on any atom is 0.265 e. The number of carbonyl (C=O) groups excluding carboxylic acids is 2. The number of ether oxygens (including phenoxy) is 1. The van der Waals surface area contributed by atoms with Gasteiger partial charge in [-0.25, -0.2) is 9.37 Å². The Hall–Kier alpha value is -3.78. The van der Waals surface area contributed by atoms with Gasteiger partial charge in [0.05, 0.1) is 11.4 Å². The van der Waals surface area contributed by atoms with Crippen LogP contribution in [0.1, 0.15) is 5.56 Å². The van der Waals surface area contributed by atoms with Crippen molar-refractivity contribution in [3.63, 3.8) is 0 Å². The minimum Gasteiger partial charge on any atom is -0.482 e. The van der Waals surface area contributed by atoms with E-state index >= 15 is 0 Å². The molecule has 2 aromatic carbocycles. The predicted octanol–water partition coefficient (Wildman–Crippen LogP) is 4.51. The second-order valence-electron chi connectivity index (χ2n) is 6.68. The standard InChI is InChI=1S/C23H18FN3O3S/c1-2-11-27-19-12-16(6-9-20(19)30-13-22(27)29)18-14-31-23(25-18)26-21(28)10-5-15-3-7-17(24)8-4-15/h2-10,12,14H,1,11,13H2,(H,25,26,28)/b10-5+. The minimum atomic E-state index is -0.341. The van der Waals surface area contributed by atoms with Gasteiger partial charge in [-0.15, -0.1) is 17.9 Å². The van der Waals surface area contributed by atoms with Gasteiger partial charge in [0.25, 0.3) is 5.91 Å². The molecule has 0 spiro atoms. The Morgan fingerprint density at radius 1 is 1.29 bits per heavy atom. The molecular weight excluding hydrogens is 417 g/mol. The lowest BCUT2D eigenvalue weighted by Crippen LogP contribution is -2.38. The number of aromatic nitrogens is 1. The van der Waals surface area contributed by atoms with Crippen LogP contribution in [0.15, 0.2) is 66.6 Å². The Bertz CT molecular complexity index is 1170. The number of benzene rings is 2. The summed E-state index contributed by atoms with van der Waals surface area (Å²) in [5.74, 6) is -0.182. The third kappa shape index (κ3) is 4.70. The fraction of sp³-hybridized carbons (Fsp3) is 0.0870. The normalized spacial score (nSPS) is 13.1. The molecule has 0 fully saturated rings. The highest BCUT2D eigenvalue weighted by Gasteiger charge is 2.25. The Morgan fingerprint density at radius 3 is 2.87 bits per heavy atom. The van der Waals surface area contributed by atoms with E-state index in [0.29, 0.717) is 34.4 Å². The molecular formula is C23H18FN3O3S. The largest absolute Gasteiger partial charge is 0.482 e. The summed E-state index contributed by atoms with van der Waals surface area (Å²) in [5, 5.41) is 4.98. The highest BCUT2D eigenvalue weighted by atomic mass is 32.1. The molecule has 0 saturated heterocycles. The number of anilines is 2. The monoisotopic (exact) mass is 435 g/mol. The number of halogens is 1. The molecule has 2 amide bonds. The molecule has 4 rings (SSSR count). The van der Waals surface area contributed by atoms with Crippen molar-refractivity contribution < 1.29 is 18.7 Å². The van der Waals surface area contributed by atoms with Gasteiger partial charge >= 0.3 is 0 Å². The molecule has 1 aliphatic heterocycles. The number of thiazole rings is 1. The van der Waals surface area contributed by atoms with Gasteiger partial charge in [0.1, 0.15) is 11.6 Å². The van der Waals surface area contributed by atoms with Gasteiger partial charge in [0.2, 0.25) is 5.91 Å². The summed E-state index contributed by atoms with van der Waals surface area (Å²) >= 11 is 1.29. The third-order valence-corrected chi connectivity index (χ3v) is 5.30. The second-order valence-corrected chi connectivity index (χ2v) is 7.53. The molecule has 0 unspecified atom stereocenters. The number of nitrogens with one attached hydrogen (secondary N) is 1. The van der Waals surface area contributed by atoms with Gasteiger partial charge in [0, 0.05) is 23.6 Å². The Labute approximate surface area is 182 Å². The molecule has 0 radical (unpaired) electrons. The van der Waals surface area contributed by atoms with Crippen LogP contribution in [0.2, 0.25) is 0 Å². The zero-order valence-corrected chi connectivity index (χ0v) is 17.2. The molecule has 1 aromatic heterocycles. The summed E-state index contributed by atoms with van der Waals surface area (Å²) in [7, 11) is 0. The molecule has 0 saturated carbocycles. The van der Waals surface area contributed by atoms with Crippen LogP contribution in [-0.2, 0) is 9.59 Å². The third-order valence-electron chi connectivity index (χ3n) is 4.54. The lowest BCUT2D eigenvalue weighted by atomic mass is 10.1. The van der Waals surface area contributed by atoms with Gasteiger partial charge in [-0.2, -0.15) is 0 Å². The average molecular weight is 435 g/mol. The number of carbonyl (C=O) groups is 2. The summed E-state index contributed by atoms with van der Waals surface area (Å²) < 4.78 is 18.4. The molecule has 8 heteroatoms. The van der Waals surface area contributed by atoms with Crippen LogP contribution in [0.4, 0.5) is 15.2 Å².